The number of nitrogens with two attached hydrogens (primary N) is 6. The summed E-state index contributed by atoms with van der Waals surface area (Å²) in [4.78, 5) is 142. The van der Waals surface area contributed by atoms with Crippen LogP contribution >= 0.6 is 0 Å². The first kappa shape index (κ1) is 82.3. The third kappa shape index (κ3) is 25.7. The Balaban J connectivity index is 1.23. The quantitative estimate of drug-likeness (QED) is 0.0142. The number of carbonyl (C=O) groups is 10. The van der Waals surface area contributed by atoms with E-state index in [0.717, 1.165) is 16.5 Å². The number of Topliss-reactive ketones (excluding diaryl/α,β-unsaturated/α-hetero) is 4. The van der Waals surface area contributed by atoms with Crippen molar-refractivity contribution in [1.29, 1.82) is 21.6 Å². The second-order valence-electron chi connectivity index (χ2n) is 24.8. The third-order valence-corrected chi connectivity index (χ3v) is 16.9. The Labute approximate surface area is 610 Å². The smallest absolute Gasteiger partial charge is 0.341 e. The molecule has 0 fully saturated rings. The first-order valence-corrected chi connectivity index (χ1v) is 33.8. The Morgan fingerprint density at radius 1 is 0.443 bits per heavy atom. The number of carboxylic acids is 1. The number of primary amides is 1. The van der Waals surface area contributed by atoms with E-state index in [4.69, 9.17) is 75.0 Å². The molecule has 0 saturated carbocycles. The molecule has 566 valence electrons. The van der Waals surface area contributed by atoms with Crippen LogP contribution in [-0.2, 0) is 60.9 Å². The van der Waals surface area contributed by atoms with E-state index in [1.807, 2.05) is 24.3 Å². The number of nitrogens with one attached hydrogen (secondary N) is 13. The van der Waals surface area contributed by atoms with Crippen molar-refractivity contribution >= 4 is 93.4 Å². The maximum atomic E-state index is 14.7. The Kier molecular flexibility index (Phi) is 31.7. The van der Waals surface area contributed by atoms with Gasteiger partial charge in [0.05, 0.1) is 67.8 Å². The van der Waals surface area contributed by atoms with Crippen LogP contribution in [0.15, 0.2) is 103 Å². The zero-order valence-electron chi connectivity index (χ0n) is 59.1. The van der Waals surface area contributed by atoms with Crippen LogP contribution in [0.1, 0.15) is 121 Å². The minimum atomic E-state index is -1.40. The number of aromatic amines is 1. The standard InChI is InChI=1S/C72H93N19O15/c1-103-59-20-16-39(32-55(92)49(73)11-6-24-83-69(75)76)28-45(59)65(99)88-52(14-8-26-85-71(79)80)58(95)35-42-19-23-62(106-38-63(96)97)48(31-42)68(102)90-53(15-9-27-86-72(81)82)57(94)33-40-17-21-60(104-2)46(29-40)66(100)89-51(13-7-25-84-70(77)78)56(93)34-41-18-22-61(105-3)47(30-41)67(101)91-54(64(74)98)36-43-37-87-50-12-5-4-10-44(43)50/h4-5,10,12,16-23,28-31,37,49,51-54,87H,6-9,11,13-15,24-27,32-36,38,73H2,1-3H3,(H2,74,98)(H,88,99)(H,89,100)(H,90,102)(H,91,101)(H,96,97)(H4,75,76,83)(H4,77,78,84)(H4,79,80,85)(H4,81,82,86)/t49-,51-,52-,53-,54-/m1/s1. The number of methoxy groups -OCH3 is 3. The SMILES string of the molecule is COc1ccc(CC(=O)[C@@H](CCCNC(=N)N)NC(=O)c2cc(CC(=O)[C@@H](CCCNC(=N)N)NC(=O)c3cc(CC(=O)[C@@H](CCCNC(=N)N)NC(=O)c4cc(CC(=O)[C@H](N)CCCNC(=N)N)ccc4OC)ccc3OCC(=O)O)ccc2OC)cc1C(=O)N[C@H](Cc1c[nH]c2ccccc12)C(N)=O. The number of carboxylic acid groups (broad SMARTS) is 1. The van der Waals surface area contributed by atoms with Crippen LogP contribution in [0.3, 0.4) is 0 Å². The lowest BCUT2D eigenvalue weighted by Gasteiger charge is -2.21. The summed E-state index contributed by atoms with van der Waals surface area (Å²) in [5.74, 6) is -8.65. The van der Waals surface area contributed by atoms with Crippen LogP contribution in [0.5, 0.6) is 23.0 Å². The summed E-state index contributed by atoms with van der Waals surface area (Å²) in [7, 11) is 3.98. The Morgan fingerprint density at radius 2 is 0.774 bits per heavy atom. The number of hydrogen-bond donors (Lipinski definition) is 20. The molecule has 5 amide bonds. The molecule has 34 nitrogen and oxygen atoms in total. The normalized spacial score (nSPS) is 12.3. The van der Waals surface area contributed by atoms with Gasteiger partial charge in [-0.1, -0.05) is 42.5 Å². The average Bonchev–Trinajstić information content (AvgIpc) is 1.17. The fraction of sp³-hybridized carbons (Fsp3) is 0.361. The molecule has 0 bridgehead atoms. The lowest BCUT2D eigenvalue weighted by molar-refractivity contribution is -0.139. The fourth-order valence-electron chi connectivity index (χ4n) is 11.5. The zero-order valence-corrected chi connectivity index (χ0v) is 59.1. The summed E-state index contributed by atoms with van der Waals surface area (Å²) in [6.45, 7) is -0.232. The van der Waals surface area contributed by atoms with Crippen molar-refractivity contribution in [3.63, 3.8) is 0 Å². The molecule has 0 unspecified atom stereocenters. The summed E-state index contributed by atoms with van der Waals surface area (Å²) in [5, 5.41) is 62.4. The van der Waals surface area contributed by atoms with Crippen molar-refractivity contribution in [2.75, 3.05) is 54.1 Å². The topological polar surface area (TPSA) is 591 Å². The van der Waals surface area contributed by atoms with Crippen molar-refractivity contribution in [3.8, 4) is 23.0 Å². The van der Waals surface area contributed by atoms with Crippen molar-refractivity contribution in [2.24, 2.45) is 34.4 Å². The van der Waals surface area contributed by atoms with E-state index in [1.165, 1.54) is 82.0 Å². The Morgan fingerprint density at radius 3 is 1.12 bits per heavy atom. The van der Waals surface area contributed by atoms with Crippen LogP contribution in [0.25, 0.3) is 10.9 Å². The summed E-state index contributed by atoms with van der Waals surface area (Å²) in [5.41, 5.74) is 36.2. The molecule has 0 radical (unpaired) electrons. The molecule has 5 atom stereocenters. The maximum absolute atomic E-state index is 14.7. The number of aliphatic carboxylic acids is 1. The van der Waals surface area contributed by atoms with E-state index in [0.29, 0.717) is 30.5 Å². The average molecular weight is 1460 g/mol. The highest BCUT2D eigenvalue weighted by Gasteiger charge is 2.31. The number of para-hydroxylation sites is 1. The van der Waals surface area contributed by atoms with Gasteiger partial charge in [-0.3, -0.25) is 64.8 Å². The molecule has 6 aromatic rings. The largest absolute Gasteiger partial charge is 0.496 e. The number of ketones is 4. The van der Waals surface area contributed by atoms with Crippen molar-refractivity contribution in [3.05, 3.63) is 153 Å². The monoisotopic (exact) mass is 1460 g/mol. The van der Waals surface area contributed by atoms with Crippen LogP contribution in [0, 0.1) is 21.6 Å². The Hall–Kier alpha value is -12.6. The summed E-state index contributed by atoms with van der Waals surface area (Å²) in [6.07, 6.45) is 1.71. The minimum absolute atomic E-state index is 0.00427. The molecule has 0 aliphatic rings. The number of guanidine groups is 4. The van der Waals surface area contributed by atoms with Crippen LogP contribution < -0.4 is 95.9 Å². The molecule has 0 aliphatic carbocycles. The van der Waals surface area contributed by atoms with Crippen LogP contribution in [0.2, 0.25) is 0 Å². The fourth-order valence-corrected chi connectivity index (χ4v) is 11.5. The van der Waals surface area contributed by atoms with Crippen LogP contribution in [0.4, 0.5) is 0 Å². The van der Waals surface area contributed by atoms with Gasteiger partial charge in [-0.05, 0) is 134 Å². The number of H-pyrrole nitrogens is 1. The van der Waals surface area contributed by atoms with Crippen LogP contribution in [-0.4, -0.2) is 177 Å². The predicted octanol–water partition coefficient (Wildman–Crippen LogP) is 0.706. The van der Waals surface area contributed by atoms with Gasteiger partial charge in [0.1, 0.15) is 29.0 Å². The van der Waals surface area contributed by atoms with Crippen molar-refractivity contribution in [2.45, 2.75) is 114 Å². The van der Waals surface area contributed by atoms with Gasteiger partial charge in [-0.2, -0.15) is 0 Å². The molecule has 1 aromatic heterocycles. The molecule has 0 saturated heterocycles. The highest BCUT2D eigenvalue weighted by Crippen LogP contribution is 2.28. The van der Waals surface area contributed by atoms with Gasteiger partial charge in [0.2, 0.25) is 5.91 Å². The molecule has 0 aliphatic heterocycles. The molecular weight excluding hydrogens is 1370 g/mol. The second kappa shape index (κ2) is 40.9. The van der Waals surface area contributed by atoms with E-state index < -0.39 is 103 Å². The maximum Gasteiger partial charge on any atom is 0.341 e. The second-order valence-corrected chi connectivity index (χ2v) is 24.8. The van der Waals surface area contributed by atoms with Gasteiger partial charge in [-0.15, -0.1) is 0 Å². The van der Waals surface area contributed by atoms with Gasteiger partial charge in [0.15, 0.2) is 53.6 Å². The number of fused-ring (bicyclic) bond motifs is 1. The number of amides is 5. The summed E-state index contributed by atoms with van der Waals surface area (Å²) >= 11 is 0. The number of benzene rings is 5. The molecule has 0 spiro atoms. The highest BCUT2D eigenvalue weighted by molar-refractivity contribution is 6.04. The summed E-state index contributed by atoms with van der Waals surface area (Å²) in [6, 6.07) is 18.9. The van der Waals surface area contributed by atoms with Gasteiger partial charge < -0.3 is 106 Å². The third-order valence-electron chi connectivity index (χ3n) is 16.9. The lowest BCUT2D eigenvalue weighted by Crippen LogP contribution is -2.46. The molecule has 6 rings (SSSR count). The first-order chi connectivity index (χ1) is 50.6. The number of hydrogen-bond acceptors (Lipinski definition) is 19. The number of ether oxygens (including phenoxy) is 4. The van der Waals surface area contributed by atoms with Crippen molar-refractivity contribution < 1.29 is 72.0 Å². The lowest BCUT2D eigenvalue weighted by atomic mass is 9.96. The molecule has 26 N–H and O–H groups in total. The van der Waals surface area contributed by atoms with E-state index in [-0.39, 0.29) is 163 Å². The van der Waals surface area contributed by atoms with Gasteiger partial charge in [-0.25, -0.2) is 4.79 Å². The number of rotatable bonds is 45. The van der Waals surface area contributed by atoms with E-state index >= 15 is 0 Å². The van der Waals surface area contributed by atoms with Gasteiger partial charge >= 0.3 is 5.97 Å². The first-order valence-electron chi connectivity index (χ1n) is 33.8. The number of carbonyl (C=O) groups excluding carboxylic acids is 9. The zero-order chi connectivity index (χ0) is 77.6. The predicted molar refractivity (Wildman–Crippen MR) is 394 cm³/mol. The number of aromatic nitrogens is 1. The molecule has 5 aromatic carbocycles. The molecular formula is C72H93N19O15. The summed E-state index contributed by atoms with van der Waals surface area (Å²) < 4.78 is 22.2. The van der Waals surface area contributed by atoms with Gasteiger partial charge in [0.25, 0.3) is 23.6 Å². The van der Waals surface area contributed by atoms with Crippen molar-refractivity contribution in [1.82, 2.24) is 47.5 Å². The van der Waals surface area contributed by atoms with E-state index in [1.54, 1.807) is 18.3 Å². The molecule has 106 heavy (non-hydrogen) atoms. The minimum Gasteiger partial charge on any atom is -0.496 e. The highest BCUT2D eigenvalue weighted by atomic mass is 16.5. The van der Waals surface area contributed by atoms with Gasteiger partial charge in [0, 0.05) is 75.4 Å². The van der Waals surface area contributed by atoms with E-state index in [9.17, 15) is 53.1 Å². The van der Waals surface area contributed by atoms with E-state index in [2.05, 4.69) is 47.5 Å². The molecule has 34 heteroatoms. The molecule has 1 heterocycles. The Bertz CT molecular complexity index is 4220.